The molecule has 0 aliphatic heterocycles. The van der Waals surface area contributed by atoms with Gasteiger partial charge < -0.3 is 10.8 Å². The number of rotatable bonds is 2. The number of nitrogens with two attached hydrogens (primary N) is 1. The molecule has 1 aromatic carbocycles. The topological polar surface area (TPSA) is 84.0 Å². The van der Waals surface area contributed by atoms with E-state index in [0.717, 1.165) is 4.68 Å². The third-order valence-electron chi connectivity index (χ3n) is 2.24. The van der Waals surface area contributed by atoms with Crippen LogP contribution < -0.4 is 11.3 Å². The number of hydrogen-bond donors (Lipinski definition) is 3. The molecular formula is C10H10FN3O2. The lowest BCUT2D eigenvalue weighted by molar-refractivity contribution is 0.428. The van der Waals surface area contributed by atoms with Crippen molar-refractivity contribution >= 4 is 0 Å². The minimum Gasteiger partial charge on any atom is -0.493 e. The highest BCUT2D eigenvalue weighted by molar-refractivity contribution is 5.37. The fourth-order valence-corrected chi connectivity index (χ4v) is 1.44. The monoisotopic (exact) mass is 223 g/mol. The van der Waals surface area contributed by atoms with E-state index in [1.165, 1.54) is 18.2 Å². The number of aromatic hydroxyl groups is 1. The van der Waals surface area contributed by atoms with Gasteiger partial charge in [0.25, 0.3) is 5.56 Å². The van der Waals surface area contributed by atoms with Crippen LogP contribution in [0, 0.1) is 5.82 Å². The minimum atomic E-state index is -0.482. The quantitative estimate of drug-likeness (QED) is 0.691. The van der Waals surface area contributed by atoms with Gasteiger partial charge in [0.2, 0.25) is 5.88 Å². The van der Waals surface area contributed by atoms with Crippen LogP contribution in [0.25, 0.3) is 5.69 Å². The third kappa shape index (κ3) is 1.59. The Kier molecular flexibility index (Phi) is 2.49. The number of H-pyrrole nitrogens is 1. The number of nitrogens with one attached hydrogen (secondary N) is 1. The SMILES string of the molecule is NCc1c(O)n(-c2cccc(F)c2)[nH]c1=O. The molecule has 0 aliphatic carbocycles. The van der Waals surface area contributed by atoms with Crippen LogP contribution in [0.5, 0.6) is 5.88 Å². The molecule has 16 heavy (non-hydrogen) atoms. The largest absolute Gasteiger partial charge is 0.493 e. The van der Waals surface area contributed by atoms with Crippen molar-refractivity contribution in [2.24, 2.45) is 5.73 Å². The Morgan fingerprint density at radius 2 is 2.25 bits per heavy atom. The van der Waals surface area contributed by atoms with E-state index in [2.05, 4.69) is 5.10 Å². The van der Waals surface area contributed by atoms with Crippen LogP contribution in [0.3, 0.4) is 0 Å². The zero-order valence-electron chi connectivity index (χ0n) is 8.27. The fraction of sp³-hybridized carbons (Fsp3) is 0.100. The van der Waals surface area contributed by atoms with Gasteiger partial charge in [-0.1, -0.05) is 6.07 Å². The first-order chi connectivity index (χ1) is 7.63. The molecule has 0 amide bonds. The number of hydrogen-bond acceptors (Lipinski definition) is 3. The standard InChI is InChI=1S/C10H10FN3O2/c11-6-2-1-3-7(4-6)14-10(16)8(5-12)9(15)13-14/h1-4,16H,5,12H2,(H,13,15). The molecule has 6 heteroatoms. The molecule has 0 saturated carbocycles. The Morgan fingerprint density at radius 3 is 2.81 bits per heavy atom. The van der Waals surface area contributed by atoms with Crippen LogP contribution in [-0.2, 0) is 6.54 Å². The van der Waals surface area contributed by atoms with Crippen LogP contribution >= 0.6 is 0 Å². The third-order valence-corrected chi connectivity index (χ3v) is 2.24. The molecule has 0 bridgehead atoms. The molecule has 2 aromatic rings. The Labute approximate surface area is 89.9 Å². The van der Waals surface area contributed by atoms with E-state index in [-0.39, 0.29) is 18.0 Å². The molecule has 2 rings (SSSR count). The van der Waals surface area contributed by atoms with Crippen LogP contribution in [0.2, 0.25) is 0 Å². The van der Waals surface area contributed by atoms with Gasteiger partial charge >= 0.3 is 0 Å². The van der Waals surface area contributed by atoms with Crippen molar-refractivity contribution in [2.45, 2.75) is 6.54 Å². The Hall–Kier alpha value is -2.08. The molecule has 0 radical (unpaired) electrons. The summed E-state index contributed by atoms with van der Waals surface area (Å²) in [6.45, 7) is -0.0799. The van der Waals surface area contributed by atoms with Gasteiger partial charge in [0.05, 0.1) is 11.3 Å². The summed E-state index contributed by atoms with van der Waals surface area (Å²) in [6, 6.07) is 5.49. The maximum absolute atomic E-state index is 13.0. The minimum absolute atomic E-state index is 0.0734. The predicted octanol–water partition coefficient (Wildman–Crippen LogP) is 0.469. The molecule has 0 atom stereocenters. The zero-order valence-corrected chi connectivity index (χ0v) is 8.27. The average Bonchev–Trinajstić information content (AvgIpc) is 2.54. The first-order valence-electron chi connectivity index (χ1n) is 4.62. The maximum atomic E-state index is 13.0. The van der Waals surface area contributed by atoms with Crippen molar-refractivity contribution in [3.05, 3.63) is 46.0 Å². The smallest absolute Gasteiger partial charge is 0.272 e. The van der Waals surface area contributed by atoms with Crippen molar-refractivity contribution in [1.29, 1.82) is 0 Å². The molecule has 0 saturated heterocycles. The van der Waals surface area contributed by atoms with Gasteiger partial charge in [-0.2, -0.15) is 0 Å². The zero-order chi connectivity index (χ0) is 11.7. The molecular weight excluding hydrogens is 213 g/mol. The van der Waals surface area contributed by atoms with Gasteiger partial charge in [-0.3, -0.25) is 9.89 Å². The summed E-state index contributed by atoms with van der Waals surface area (Å²) in [4.78, 5) is 11.3. The van der Waals surface area contributed by atoms with Crippen molar-refractivity contribution in [2.75, 3.05) is 0 Å². The summed E-state index contributed by atoms with van der Waals surface area (Å²) < 4.78 is 14.1. The highest BCUT2D eigenvalue weighted by atomic mass is 19.1. The molecule has 5 nitrogen and oxygen atoms in total. The van der Waals surface area contributed by atoms with E-state index >= 15 is 0 Å². The second-order valence-electron chi connectivity index (χ2n) is 3.26. The van der Waals surface area contributed by atoms with Crippen LogP contribution in [-0.4, -0.2) is 14.9 Å². The summed E-state index contributed by atoms with van der Waals surface area (Å²) in [5, 5.41) is 12.1. The van der Waals surface area contributed by atoms with Gasteiger partial charge in [0.1, 0.15) is 5.82 Å². The molecule has 1 aromatic heterocycles. The molecule has 4 N–H and O–H groups in total. The number of aromatic amines is 1. The number of benzene rings is 1. The number of nitrogens with zero attached hydrogens (tertiary/aromatic N) is 1. The normalized spacial score (nSPS) is 10.6. The van der Waals surface area contributed by atoms with Crippen molar-refractivity contribution in [3.63, 3.8) is 0 Å². The molecule has 1 heterocycles. The van der Waals surface area contributed by atoms with Crippen LogP contribution in [0.1, 0.15) is 5.56 Å². The van der Waals surface area contributed by atoms with Gasteiger partial charge in [-0.15, -0.1) is 0 Å². The highest BCUT2D eigenvalue weighted by Gasteiger charge is 2.13. The van der Waals surface area contributed by atoms with E-state index in [4.69, 9.17) is 5.73 Å². The van der Waals surface area contributed by atoms with Crippen molar-refractivity contribution in [1.82, 2.24) is 9.78 Å². The first-order valence-corrected chi connectivity index (χ1v) is 4.62. The molecule has 0 unspecified atom stereocenters. The Bertz CT molecular complexity index is 574. The van der Waals surface area contributed by atoms with Crippen molar-refractivity contribution in [3.8, 4) is 11.6 Å². The number of aromatic nitrogens is 2. The van der Waals surface area contributed by atoms with Crippen LogP contribution in [0.15, 0.2) is 29.1 Å². The first kappa shape index (κ1) is 10.4. The second-order valence-corrected chi connectivity index (χ2v) is 3.26. The predicted molar refractivity (Wildman–Crippen MR) is 55.9 cm³/mol. The molecule has 0 aliphatic rings. The van der Waals surface area contributed by atoms with E-state index in [9.17, 15) is 14.3 Å². The molecule has 0 fully saturated rings. The lowest BCUT2D eigenvalue weighted by Gasteiger charge is -2.03. The number of halogens is 1. The average molecular weight is 223 g/mol. The Morgan fingerprint density at radius 1 is 1.50 bits per heavy atom. The lowest BCUT2D eigenvalue weighted by Crippen LogP contribution is -2.10. The summed E-state index contributed by atoms with van der Waals surface area (Å²) >= 11 is 0. The summed E-state index contributed by atoms with van der Waals surface area (Å²) in [6.07, 6.45) is 0. The van der Waals surface area contributed by atoms with Gasteiger partial charge in [-0.05, 0) is 18.2 Å². The van der Waals surface area contributed by atoms with Crippen LogP contribution in [0.4, 0.5) is 4.39 Å². The molecule has 0 spiro atoms. The van der Waals surface area contributed by atoms with Gasteiger partial charge in [0.15, 0.2) is 0 Å². The van der Waals surface area contributed by atoms with E-state index in [1.54, 1.807) is 6.07 Å². The Balaban J connectivity index is 2.61. The van der Waals surface area contributed by atoms with Gasteiger partial charge in [0, 0.05) is 6.54 Å². The van der Waals surface area contributed by atoms with Crippen molar-refractivity contribution < 1.29 is 9.50 Å². The second kappa shape index (κ2) is 3.82. The lowest BCUT2D eigenvalue weighted by atomic mass is 10.3. The molecule has 84 valence electrons. The highest BCUT2D eigenvalue weighted by Crippen LogP contribution is 2.18. The fourth-order valence-electron chi connectivity index (χ4n) is 1.44. The summed E-state index contributed by atoms with van der Waals surface area (Å²) in [5.41, 5.74) is 5.22. The van der Waals surface area contributed by atoms with E-state index in [1.807, 2.05) is 0 Å². The van der Waals surface area contributed by atoms with E-state index < -0.39 is 11.4 Å². The summed E-state index contributed by atoms with van der Waals surface area (Å²) in [7, 11) is 0. The van der Waals surface area contributed by atoms with E-state index in [0.29, 0.717) is 5.69 Å². The maximum Gasteiger partial charge on any atom is 0.272 e. The summed E-state index contributed by atoms with van der Waals surface area (Å²) in [5.74, 6) is -0.751. The van der Waals surface area contributed by atoms with Gasteiger partial charge in [-0.25, -0.2) is 9.07 Å².